The van der Waals surface area contributed by atoms with E-state index in [-0.39, 0.29) is 24.5 Å². The molecule has 2 N–H and O–H groups in total. The third-order valence-corrected chi connectivity index (χ3v) is 4.40. The number of rotatable bonds is 1. The smallest absolute Gasteiger partial charge is 0.416 e. The van der Waals surface area contributed by atoms with Gasteiger partial charge in [-0.3, -0.25) is 0 Å². The SMILES string of the molecule is CC1C(N)CC(c2cccc(C(F)(F)F)c2)CN1C(=O)OC(C)(C)C. The zero-order valence-electron chi connectivity index (χ0n) is 14.9. The van der Waals surface area contributed by atoms with E-state index in [0.717, 1.165) is 12.1 Å². The minimum absolute atomic E-state index is 0.239. The first kappa shape index (κ1) is 19.6. The lowest BCUT2D eigenvalue weighted by molar-refractivity contribution is -0.137. The standard InChI is InChI=1S/C18H25F3N2O2/c1-11-15(22)9-13(10-23(11)16(24)25-17(2,3)4)12-6-5-7-14(8-12)18(19,20)21/h5-8,11,13,15H,9-10,22H2,1-4H3. The Kier molecular flexibility index (Phi) is 5.37. The molecule has 1 heterocycles. The number of carbonyl (C=O) groups excluding carboxylic acids is 1. The lowest BCUT2D eigenvalue weighted by Gasteiger charge is -2.42. The Morgan fingerprint density at radius 3 is 2.48 bits per heavy atom. The van der Waals surface area contributed by atoms with Gasteiger partial charge >= 0.3 is 12.3 Å². The van der Waals surface area contributed by atoms with Gasteiger partial charge in [0, 0.05) is 24.5 Å². The van der Waals surface area contributed by atoms with E-state index in [1.165, 1.54) is 11.0 Å². The van der Waals surface area contributed by atoms with Crippen molar-refractivity contribution in [2.75, 3.05) is 6.54 Å². The van der Waals surface area contributed by atoms with Gasteiger partial charge in [-0.25, -0.2) is 4.79 Å². The Morgan fingerprint density at radius 2 is 1.92 bits per heavy atom. The quantitative estimate of drug-likeness (QED) is 0.821. The number of piperidine rings is 1. The highest BCUT2D eigenvalue weighted by molar-refractivity contribution is 5.69. The van der Waals surface area contributed by atoms with Crippen molar-refractivity contribution in [1.82, 2.24) is 4.90 Å². The van der Waals surface area contributed by atoms with Crippen molar-refractivity contribution in [3.05, 3.63) is 35.4 Å². The van der Waals surface area contributed by atoms with Crippen LogP contribution in [-0.2, 0) is 10.9 Å². The number of alkyl halides is 3. The highest BCUT2D eigenvalue weighted by Gasteiger charge is 2.38. The second kappa shape index (κ2) is 6.86. The van der Waals surface area contributed by atoms with E-state index in [2.05, 4.69) is 0 Å². The third-order valence-electron chi connectivity index (χ3n) is 4.40. The summed E-state index contributed by atoms with van der Waals surface area (Å²) in [6.07, 6.45) is -4.38. The van der Waals surface area contributed by atoms with E-state index < -0.39 is 23.4 Å². The lowest BCUT2D eigenvalue weighted by atomic mass is 9.84. The molecular formula is C18H25F3N2O2. The molecule has 0 bridgehead atoms. The largest absolute Gasteiger partial charge is 0.444 e. The molecule has 0 aliphatic carbocycles. The van der Waals surface area contributed by atoms with Crippen LogP contribution in [0.15, 0.2) is 24.3 Å². The maximum atomic E-state index is 13.0. The van der Waals surface area contributed by atoms with E-state index in [1.807, 2.05) is 6.92 Å². The molecule has 1 fully saturated rings. The summed E-state index contributed by atoms with van der Waals surface area (Å²) < 4.78 is 44.3. The van der Waals surface area contributed by atoms with Crippen LogP contribution < -0.4 is 5.73 Å². The number of amides is 1. The minimum atomic E-state index is -4.40. The first-order chi connectivity index (χ1) is 11.4. The average molecular weight is 358 g/mol. The van der Waals surface area contributed by atoms with Gasteiger partial charge in [0.05, 0.1) is 5.56 Å². The molecule has 3 atom stereocenters. The summed E-state index contributed by atoms with van der Waals surface area (Å²) in [5.74, 6) is -0.263. The molecule has 25 heavy (non-hydrogen) atoms. The van der Waals surface area contributed by atoms with Gasteiger partial charge in [-0.05, 0) is 45.7 Å². The molecular weight excluding hydrogens is 333 g/mol. The fourth-order valence-corrected chi connectivity index (χ4v) is 3.01. The summed E-state index contributed by atoms with van der Waals surface area (Å²) in [5.41, 5.74) is 5.34. The number of hydrogen-bond donors (Lipinski definition) is 1. The molecule has 4 nitrogen and oxygen atoms in total. The number of carbonyl (C=O) groups is 1. The Bertz CT molecular complexity index is 625. The van der Waals surface area contributed by atoms with Crippen LogP contribution in [0.4, 0.5) is 18.0 Å². The van der Waals surface area contributed by atoms with Crippen LogP contribution in [0.3, 0.4) is 0 Å². The summed E-state index contributed by atoms with van der Waals surface area (Å²) in [5, 5.41) is 0. The van der Waals surface area contributed by atoms with Crippen molar-refractivity contribution >= 4 is 6.09 Å². The fraction of sp³-hybridized carbons (Fsp3) is 0.611. The Morgan fingerprint density at radius 1 is 1.28 bits per heavy atom. The predicted octanol–water partition coefficient (Wildman–Crippen LogP) is 4.15. The van der Waals surface area contributed by atoms with E-state index in [4.69, 9.17) is 10.5 Å². The average Bonchev–Trinajstić information content (AvgIpc) is 2.47. The van der Waals surface area contributed by atoms with Crippen molar-refractivity contribution in [2.24, 2.45) is 5.73 Å². The highest BCUT2D eigenvalue weighted by Crippen LogP contribution is 2.35. The molecule has 2 rings (SSSR count). The number of benzene rings is 1. The van der Waals surface area contributed by atoms with E-state index in [1.54, 1.807) is 26.8 Å². The molecule has 7 heteroatoms. The fourth-order valence-electron chi connectivity index (χ4n) is 3.01. The molecule has 1 aliphatic rings. The minimum Gasteiger partial charge on any atom is -0.444 e. The number of ether oxygens (including phenoxy) is 1. The Hall–Kier alpha value is -1.76. The number of halogens is 3. The van der Waals surface area contributed by atoms with Crippen molar-refractivity contribution < 1.29 is 22.7 Å². The molecule has 140 valence electrons. The normalized spacial score (nSPS) is 25.0. The van der Waals surface area contributed by atoms with Crippen LogP contribution in [0, 0.1) is 0 Å². The summed E-state index contributed by atoms with van der Waals surface area (Å²) in [4.78, 5) is 14.0. The second-order valence-electron chi connectivity index (χ2n) is 7.59. The molecule has 0 radical (unpaired) electrons. The molecule has 0 spiro atoms. The molecule has 3 unspecified atom stereocenters. The molecule has 1 aromatic rings. The lowest BCUT2D eigenvalue weighted by Crippen LogP contribution is -2.56. The van der Waals surface area contributed by atoms with Gasteiger partial charge in [-0.2, -0.15) is 13.2 Å². The van der Waals surface area contributed by atoms with Gasteiger partial charge in [0.15, 0.2) is 0 Å². The second-order valence-corrected chi connectivity index (χ2v) is 7.59. The zero-order chi connectivity index (χ0) is 19.0. The van der Waals surface area contributed by atoms with Crippen LogP contribution >= 0.6 is 0 Å². The van der Waals surface area contributed by atoms with Crippen LogP contribution in [0.5, 0.6) is 0 Å². The van der Waals surface area contributed by atoms with Crippen molar-refractivity contribution in [2.45, 2.75) is 63.9 Å². The molecule has 1 aromatic carbocycles. The van der Waals surface area contributed by atoms with Gasteiger partial charge in [0.1, 0.15) is 5.60 Å². The van der Waals surface area contributed by atoms with Gasteiger partial charge in [0.2, 0.25) is 0 Å². The van der Waals surface area contributed by atoms with E-state index >= 15 is 0 Å². The van der Waals surface area contributed by atoms with Crippen molar-refractivity contribution in [3.63, 3.8) is 0 Å². The summed E-state index contributed by atoms with van der Waals surface area (Å²) >= 11 is 0. The van der Waals surface area contributed by atoms with E-state index in [0.29, 0.717) is 12.0 Å². The Balaban J connectivity index is 2.24. The predicted molar refractivity (Wildman–Crippen MR) is 89.2 cm³/mol. The molecule has 1 amide bonds. The number of likely N-dealkylation sites (tertiary alicyclic amines) is 1. The number of nitrogens with two attached hydrogens (primary N) is 1. The van der Waals surface area contributed by atoms with Crippen LogP contribution in [-0.4, -0.2) is 35.2 Å². The number of nitrogens with zero attached hydrogens (tertiary/aromatic N) is 1. The molecule has 0 aromatic heterocycles. The van der Waals surface area contributed by atoms with Gasteiger partial charge in [-0.1, -0.05) is 18.2 Å². The molecule has 1 aliphatic heterocycles. The summed E-state index contributed by atoms with van der Waals surface area (Å²) in [6, 6.07) is 4.65. The summed E-state index contributed by atoms with van der Waals surface area (Å²) in [6.45, 7) is 7.42. The third kappa shape index (κ3) is 4.87. The maximum absolute atomic E-state index is 13.0. The molecule has 0 saturated carbocycles. The number of hydrogen-bond acceptors (Lipinski definition) is 3. The first-order valence-corrected chi connectivity index (χ1v) is 8.31. The van der Waals surface area contributed by atoms with Gasteiger partial charge in [-0.15, -0.1) is 0 Å². The van der Waals surface area contributed by atoms with Crippen molar-refractivity contribution in [1.29, 1.82) is 0 Å². The molecule has 1 saturated heterocycles. The highest BCUT2D eigenvalue weighted by atomic mass is 19.4. The monoisotopic (exact) mass is 358 g/mol. The van der Waals surface area contributed by atoms with Crippen LogP contribution in [0.1, 0.15) is 51.2 Å². The summed E-state index contributed by atoms with van der Waals surface area (Å²) in [7, 11) is 0. The van der Waals surface area contributed by atoms with E-state index in [9.17, 15) is 18.0 Å². The zero-order valence-corrected chi connectivity index (χ0v) is 14.9. The Labute approximate surface area is 146 Å². The van der Waals surface area contributed by atoms with Crippen LogP contribution in [0.2, 0.25) is 0 Å². The topological polar surface area (TPSA) is 55.6 Å². The first-order valence-electron chi connectivity index (χ1n) is 8.31. The van der Waals surface area contributed by atoms with Gasteiger partial charge < -0.3 is 15.4 Å². The van der Waals surface area contributed by atoms with Crippen LogP contribution in [0.25, 0.3) is 0 Å². The van der Waals surface area contributed by atoms with Gasteiger partial charge in [0.25, 0.3) is 0 Å². The maximum Gasteiger partial charge on any atom is 0.416 e. The van der Waals surface area contributed by atoms with Crippen molar-refractivity contribution in [3.8, 4) is 0 Å².